The van der Waals surface area contributed by atoms with Crippen LogP contribution < -0.4 is 10.9 Å². The highest BCUT2D eigenvalue weighted by Crippen LogP contribution is 2.20. The molecule has 0 spiro atoms. The predicted molar refractivity (Wildman–Crippen MR) is 87.5 cm³/mol. The van der Waals surface area contributed by atoms with Gasteiger partial charge in [0.15, 0.2) is 0 Å². The van der Waals surface area contributed by atoms with Crippen LogP contribution in [-0.4, -0.2) is 25.2 Å². The molecule has 23 heavy (non-hydrogen) atoms. The number of aryl methyl sites for hydroxylation is 2. The van der Waals surface area contributed by atoms with Crippen LogP contribution in [0.1, 0.15) is 23.8 Å². The molecule has 0 atom stereocenters. The number of aromatic nitrogens is 4. The standard InChI is InChI=1S/C16H17N5O2/c1-3-10-21-13-7-5-4-6-11(13)17-16(21)18-15(23)12-8-9-14(22)20(2)19-12/h4-9H,3,10H2,1-2H3,(H,17,18,23). The molecule has 2 heterocycles. The van der Waals surface area contributed by atoms with Crippen molar-refractivity contribution in [3.05, 3.63) is 52.4 Å². The zero-order valence-corrected chi connectivity index (χ0v) is 13.0. The van der Waals surface area contributed by atoms with Crippen molar-refractivity contribution in [2.24, 2.45) is 7.05 Å². The molecule has 7 nitrogen and oxygen atoms in total. The van der Waals surface area contributed by atoms with Crippen molar-refractivity contribution in [1.29, 1.82) is 0 Å². The third kappa shape index (κ3) is 2.85. The number of fused-ring (bicyclic) bond motifs is 1. The number of anilines is 1. The van der Waals surface area contributed by atoms with Crippen LogP contribution in [0, 0.1) is 0 Å². The number of benzene rings is 1. The summed E-state index contributed by atoms with van der Waals surface area (Å²) in [6, 6.07) is 10.4. The first-order valence-electron chi connectivity index (χ1n) is 7.41. The Labute approximate surface area is 132 Å². The van der Waals surface area contributed by atoms with Crippen molar-refractivity contribution in [2.75, 3.05) is 5.32 Å². The molecule has 0 aliphatic carbocycles. The zero-order chi connectivity index (χ0) is 16.4. The Morgan fingerprint density at radius 2 is 2.00 bits per heavy atom. The molecular formula is C16H17N5O2. The molecule has 0 fully saturated rings. The van der Waals surface area contributed by atoms with Crippen LogP contribution in [0.15, 0.2) is 41.2 Å². The average Bonchev–Trinajstić information content (AvgIpc) is 2.88. The number of nitrogens with one attached hydrogen (secondary N) is 1. The van der Waals surface area contributed by atoms with E-state index in [2.05, 4.69) is 22.3 Å². The van der Waals surface area contributed by atoms with Crippen LogP contribution in [-0.2, 0) is 13.6 Å². The molecule has 0 unspecified atom stereocenters. The monoisotopic (exact) mass is 311 g/mol. The number of imidazole rings is 1. The van der Waals surface area contributed by atoms with Gasteiger partial charge in [-0.15, -0.1) is 0 Å². The Morgan fingerprint density at radius 3 is 2.74 bits per heavy atom. The fourth-order valence-corrected chi connectivity index (χ4v) is 2.41. The molecule has 0 saturated carbocycles. The fraction of sp³-hybridized carbons (Fsp3) is 0.250. The maximum absolute atomic E-state index is 12.4. The van der Waals surface area contributed by atoms with E-state index in [0.29, 0.717) is 5.95 Å². The lowest BCUT2D eigenvalue weighted by molar-refractivity contribution is 0.101. The normalized spacial score (nSPS) is 10.9. The summed E-state index contributed by atoms with van der Waals surface area (Å²) in [6.07, 6.45) is 0.918. The minimum absolute atomic E-state index is 0.169. The van der Waals surface area contributed by atoms with Gasteiger partial charge in [-0.2, -0.15) is 5.10 Å². The molecule has 1 aromatic carbocycles. The SMILES string of the molecule is CCCn1c(NC(=O)c2ccc(=O)n(C)n2)nc2ccccc21. The van der Waals surface area contributed by atoms with E-state index in [0.717, 1.165) is 28.7 Å². The van der Waals surface area contributed by atoms with Crippen molar-refractivity contribution in [1.82, 2.24) is 19.3 Å². The van der Waals surface area contributed by atoms with Crippen molar-refractivity contribution in [3.8, 4) is 0 Å². The maximum atomic E-state index is 12.4. The number of carbonyl (C=O) groups is 1. The highest BCUT2D eigenvalue weighted by Gasteiger charge is 2.15. The van der Waals surface area contributed by atoms with E-state index in [9.17, 15) is 9.59 Å². The third-order valence-corrected chi connectivity index (χ3v) is 3.52. The van der Waals surface area contributed by atoms with E-state index in [4.69, 9.17) is 0 Å². The number of hydrogen-bond donors (Lipinski definition) is 1. The molecule has 0 saturated heterocycles. The van der Waals surface area contributed by atoms with Gasteiger partial charge in [0.1, 0.15) is 5.69 Å². The van der Waals surface area contributed by atoms with Crippen LogP contribution in [0.2, 0.25) is 0 Å². The Morgan fingerprint density at radius 1 is 1.22 bits per heavy atom. The van der Waals surface area contributed by atoms with Gasteiger partial charge in [-0.05, 0) is 24.6 Å². The summed E-state index contributed by atoms with van der Waals surface area (Å²) >= 11 is 0. The van der Waals surface area contributed by atoms with E-state index in [1.54, 1.807) is 0 Å². The summed E-state index contributed by atoms with van der Waals surface area (Å²) in [5.41, 5.74) is 1.70. The highest BCUT2D eigenvalue weighted by molar-refractivity contribution is 6.02. The van der Waals surface area contributed by atoms with Crippen molar-refractivity contribution in [2.45, 2.75) is 19.9 Å². The molecule has 1 amide bonds. The lowest BCUT2D eigenvalue weighted by Gasteiger charge is -2.08. The molecular weight excluding hydrogens is 294 g/mol. The summed E-state index contributed by atoms with van der Waals surface area (Å²) in [5, 5.41) is 6.74. The lowest BCUT2D eigenvalue weighted by Crippen LogP contribution is -2.24. The van der Waals surface area contributed by atoms with Crippen LogP contribution in [0.5, 0.6) is 0 Å². The predicted octanol–water partition coefficient (Wildman–Crippen LogP) is 1.79. The molecule has 1 N–H and O–H groups in total. The molecule has 118 valence electrons. The molecule has 0 radical (unpaired) electrons. The molecule has 0 aliphatic rings. The van der Waals surface area contributed by atoms with E-state index in [1.165, 1.54) is 19.2 Å². The number of carbonyl (C=O) groups excluding carboxylic acids is 1. The van der Waals surface area contributed by atoms with E-state index in [1.807, 2.05) is 28.8 Å². The average molecular weight is 311 g/mol. The minimum Gasteiger partial charge on any atom is -0.310 e. The van der Waals surface area contributed by atoms with Crippen LogP contribution >= 0.6 is 0 Å². The van der Waals surface area contributed by atoms with Gasteiger partial charge in [-0.25, -0.2) is 9.67 Å². The second-order valence-electron chi connectivity index (χ2n) is 5.21. The molecule has 3 aromatic rings. The summed E-state index contributed by atoms with van der Waals surface area (Å²) in [4.78, 5) is 28.2. The van der Waals surface area contributed by atoms with Gasteiger partial charge < -0.3 is 4.57 Å². The quantitative estimate of drug-likeness (QED) is 0.796. The van der Waals surface area contributed by atoms with E-state index < -0.39 is 5.91 Å². The van der Waals surface area contributed by atoms with Gasteiger partial charge in [0.2, 0.25) is 5.95 Å². The second-order valence-corrected chi connectivity index (χ2v) is 5.21. The van der Waals surface area contributed by atoms with E-state index >= 15 is 0 Å². The number of hydrogen-bond acceptors (Lipinski definition) is 4. The van der Waals surface area contributed by atoms with Crippen LogP contribution in [0.25, 0.3) is 11.0 Å². The van der Waals surface area contributed by atoms with Gasteiger partial charge in [0.25, 0.3) is 11.5 Å². The number of para-hydroxylation sites is 2. The van der Waals surface area contributed by atoms with Gasteiger partial charge in [-0.3, -0.25) is 14.9 Å². The summed E-state index contributed by atoms with van der Waals surface area (Å²) < 4.78 is 3.10. The van der Waals surface area contributed by atoms with Crippen molar-refractivity contribution < 1.29 is 4.79 Å². The third-order valence-electron chi connectivity index (χ3n) is 3.52. The topological polar surface area (TPSA) is 81.8 Å². The van der Waals surface area contributed by atoms with Crippen molar-refractivity contribution >= 4 is 22.9 Å². The van der Waals surface area contributed by atoms with E-state index in [-0.39, 0.29) is 11.3 Å². The number of amides is 1. The molecule has 0 aliphatic heterocycles. The number of rotatable bonds is 4. The first kappa shape index (κ1) is 15.0. The van der Waals surface area contributed by atoms with Gasteiger partial charge in [-0.1, -0.05) is 19.1 Å². The Bertz CT molecular complexity index is 926. The highest BCUT2D eigenvalue weighted by atomic mass is 16.2. The molecule has 7 heteroatoms. The first-order valence-corrected chi connectivity index (χ1v) is 7.41. The van der Waals surface area contributed by atoms with Crippen LogP contribution in [0.4, 0.5) is 5.95 Å². The fourth-order valence-electron chi connectivity index (χ4n) is 2.41. The Hall–Kier alpha value is -2.96. The summed E-state index contributed by atoms with van der Waals surface area (Å²) in [5.74, 6) is 0.0852. The smallest absolute Gasteiger partial charge is 0.278 e. The Balaban J connectivity index is 1.96. The minimum atomic E-state index is -0.395. The lowest BCUT2D eigenvalue weighted by atomic mass is 10.3. The first-order chi connectivity index (χ1) is 11.1. The second kappa shape index (κ2) is 6.04. The van der Waals surface area contributed by atoms with Gasteiger partial charge >= 0.3 is 0 Å². The molecule has 2 aromatic heterocycles. The van der Waals surface area contributed by atoms with Crippen molar-refractivity contribution in [3.63, 3.8) is 0 Å². The summed E-state index contributed by atoms with van der Waals surface area (Å²) in [7, 11) is 1.51. The van der Waals surface area contributed by atoms with Gasteiger partial charge in [0.05, 0.1) is 11.0 Å². The number of nitrogens with zero attached hydrogens (tertiary/aromatic N) is 4. The van der Waals surface area contributed by atoms with Gasteiger partial charge in [0, 0.05) is 19.7 Å². The van der Waals surface area contributed by atoms with Crippen LogP contribution in [0.3, 0.4) is 0 Å². The molecule has 0 bridgehead atoms. The largest absolute Gasteiger partial charge is 0.310 e. The summed E-state index contributed by atoms with van der Waals surface area (Å²) in [6.45, 7) is 2.81. The zero-order valence-electron chi connectivity index (χ0n) is 13.0. The Kier molecular flexibility index (Phi) is 3.92. The molecule has 3 rings (SSSR count). The maximum Gasteiger partial charge on any atom is 0.278 e.